The first-order valence-corrected chi connectivity index (χ1v) is 10.1. The van der Waals surface area contributed by atoms with Gasteiger partial charge in [0.15, 0.2) is 0 Å². The minimum absolute atomic E-state index is 0.275. The lowest BCUT2D eigenvalue weighted by Gasteiger charge is -2.34. The summed E-state index contributed by atoms with van der Waals surface area (Å²) in [6.45, 7) is 2.61. The molecule has 1 amide bonds. The van der Waals surface area contributed by atoms with E-state index < -0.39 is 21.9 Å². The van der Waals surface area contributed by atoms with Crippen LogP contribution in [-0.4, -0.2) is 42.6 Å². The van der Waals surface area contributed by atoms with Crippen LogP contribution in [0.15, 0.2) is 48.5 Å². The smallest absolute Gasteiger partial charge is 0.282 e. The van der Waals surface area contributed by atoms with Crippen LogP contribution in [0.25, 0.3) is 0 Å². The summed E-state index contributed by atoms with van der Waals surface area (Å²) in [6.07, 6.45) is 0.637. The van der Waals surface area contributed by atoms with Crippen LogP contribution in [0.2, 0.25) is 0 Å². The van der Waals surface area contributed by atoms with Crippen molar-refractivity contribution < 1.29 is 17.6 Å². The summed E-state index contributed by atoms with van der Waals surface area (Å²) in [5, 5.41) is 2.54. The number of hydrogen-bond acceptors (Lipinski definition) is 3. The third-order valence-electron chi connectivity index (χ3n) is 4.50. The summed E-state index contributed by atoms with van der Waals surface area (Å²) in [5.74, 6) is -0.968. The number of halogens is 1. The van der Waals surface area contributed by atoms with Crippen LogP contribution in [0, 0.1) is 12.7 Å². The highest BCUT2D eigenvalue weighted by Gasteiger charge is 2.34. The van der Waals surface area contributed by atoms with Gasteiger partial charge in [-0.05, 0) is 42.7 Å². The van der Waals surface area contributed by atoms with E-state index in [-0.39, 0.29) is 19.6 Å². The molecule has 3 rings (SSSR count). The Morgan fingerprint density at radius 2 is 1.85 bits per heavy atom. The van der Waals surface area contributed by atoms with Crippen molar-refractivity contribution in [3.63, 3.8) is 0 Å². The van der Waals surface area contributed by atoms with Crippen molar-refractivity contribution in [1.29, 1.82) is 0 Å². The zero-order valence-corrected chi connectivity index (χ0v) is 15.9. The van der Waals surface area contributed by atoms with Gasteiger partial charge in [-0.3, -0.25) is 4.79 Å². The van der Waals surface area contributed by atoms with Crippen LogP contribution in [-0.2, 0) is 21.5 Å². The molecule has 0 aliphatic carbocycles. The normalized spacial score (nSPS) is 17.6. The molecule has 1 heterocycles. The molecule has 2 aromatic carbocycles. The number of benzene rings is 2. The quantitative estimate of drug-likeness (QED) is 0.852. The zero-order valence-electron chi connectivity index (χ0n) is 15.1. The number of nitrogens with one attached hydrogen (secondary N) is 1. The van der Waals surface area contributed by atoms with Crippen LogP contribution in [0.1, 0.15) is 17.5 Å². The van der Waals surface area contributed by atoms with Crippen LogP contribution in [0.4, 0.5) is 10.1 Å². The molecule has 144 valence electrons. The van der Waals surface area contributed by atoms with Crippen molar-refractivity contribution in [1.82, 2.24) is 8.61 Å². The first-order valence-electron chi connectivity index (χ1n) is 8.71. The van der Waals surface area contributed by atoms with Gasteiger partial charge in [0.05, 0.1) is 6.54 Å². The largest absolute Gasteiger partial charge is 0.325 e. The van der Waals surface area contributed by atoms with E-state index in [0.29, 0.717) is 18.7 Å². The van der Waals surface area contributed by atoms with Crippen molar-refractivity contribution in [2.45, 2.75) is 19.9 Å². The van der Waals surface area contributed by atoms with Crippen molar-refractivity contribution in [2.75, 3.05) is 25.0 Å². The van der Waals surface area contributed by atoms with E-state index in [0.717, 1.165) is 11.1 Å². The first kappa shape index (κ1) is 19.5. The molecule has 0 spiro atoms. The Balaban J connectivity index is 1.68. The Labute approximate surface area is 158 Å². The molecule has 0 aromatic heterocycles. The van der Waals surface area contributed by atoms with Gasteiger partial charge in [-0.15, -0.1) is 0 Å². The average Bonchev–Trinajstić information content (AvgIpc) is 2.60. The molecule has 2 aromatic rings. The molecule has 0 unspecified atom stereocenters. The van der Waals surface area contributed by atoms with Gasteiger partial charge in [0, 0.05) is 25.3 Å². The van der Waals surface area contributed by atoms with Crippen molar-refractivity contribution >= 4 is 21.8 Å². The molecule has 6 nitrogen and oxygen atoms in total. The Kier molecular flexibility index (Phi) is 5.88. The van der Waals surface area contributed by atoms with E-state index in [1.165, 1.54) is 26.8 Å². The lowest BCUT2D eigenvalue weighted by atomic mass is 10.1. The molecule has 27 heavy (non-hydrogen) atoms. The highest BCUT2D eigenvalue weighted by atomic mass is 32.2. The van der Waals surface area contributed by atoms with Gasteiger partial charge in [0.25, 0.3) is 10.2 Å². The van der Waals surface area contributed by atoms with E-state index in [1.807, 2.05) is 31.2 Å². The minimum atomic E-state index is -3.74. The Bertz CT molecular complexity index is 933. The van der Waals surface area contributed by atoms with E-state index in [9.17, 15) is 17.6 Å². The predicted octanol–water partition coefficient (Wildman–Crippen LogP) is 2.53. The molecule has 1 N–H and O–H groups in total. The Morgan fingerprint density at radius 1 is 1.11 bits per heavy atom. The monoisotopic (exact) mass is 391 g/mol. The topological polar surface area (TPSA) is 69.7 Å². The molecule has 0 radical (unpaired) electrons. The van der Waals surface area contributed by atoms with Gasteiger partial charge >= 0.3 is 0 Å². The maximum atomic E-state index is 13.2. The minimum Gasteiger partial charge on any atom is -0.325 e. The number of hydrogen-bond donors (Lipinski definition) is 1. The van der Waals surface area contributed by atoms with Gasteiger partial charge in [-0.2, -0.15) is 17.0 Å². The highest BCUT2D eigenvalue weighted by molar-refractivity contribution is 7.86. The number of anilines is 1. The molecule has 8 heteroatoms. The number of aryl methyl sites for hydroxylation is 1. The molecule has 1 fully saturated rings. The predicted molar refractivity (Wildman–Crippen MR) is 102 cm³/mol. The van der Waals surface area contributed by atoms with Crippen LogP contribution >= 0.6 is 0 Å². The van der Waals surface area contributed by atoms with E-state index in [1.54, 1.807) is 6.07 Å². The second kappa shape index (κ2) is 8.16. The third kappa shape index (κ3) is 4.71. The SMILES string of the molecule is Cc1ccccc1CN1CCCN(CC(=O)Nc2cccc(F)c2)S1(=O)=O. The fourth-order valence-electron chi connectivity index (χ4n) is 3.04. The first-order chi connectivity index (χ1) is 12.9. The fourth-order valence-corrected chi connectivity index (χ4v) is 4.67. The summed E-state index contributed by atoms with van der Waals surface area (Å²) in [4.78, 5) is 12.2. The highest BCUT2D eigenvalue weighted by Crippen LogP contribution is 2.21. The molecular weight excluding hydrogens is 369 g/mol. The summed E-state index contributed by atoms with van der Waals surface area (Å²) in [6, 6.07) is 13.1. The Hall–Kier alpha value is -2.29. The summed E-state index contributed by atoms with van der Waals surface area (Å²) >= 11 is 0. The van der Waals surface area contributed by atoms with E-state index in [2.05, 4.69) is 5.32 Å². The molecule has 0 bridgehead atoms. The van der Waals surface area contributed by atoms with Gasteiger partial charge in [0.1, 0.15) is 5.82 Å². The molecule has 1 aliphatic heterocycles. The average molecular weight is 391 g/mol. The number of carbonyl (C=O) groups excluding carboxylic acids is 1. The molecule has 0 atom stereocenters. The number of rotatable bonds is 5. The maximum absolute atomic E-state index is 13.2. The van der Waals surface area contributed by atoms with Crippen molar-refractivity contribution in [2.24, 2.45) is 0 Å². The molecule has 1 aliphatic rings. The fraction of sp³-hybridized carbons (Fsp3) is 0.316. The second-order valence-corrected chi connectivity index (χ2v) is 8.44. The maximum Gasteiger partial charge on any atom is 0.282 e. The second-order valence-electron chi connectivity index (χ2n) is 6.51. The van der Waals surface area contributed by atoms with Crippen molar-refractivity contribution in [3.05, 3.63) is 65.5 Å². The Morgan fingerprint density at radius 3 is 2.59 bits per heavy atom. The van der Waals surface area contributed by atoms with E-state index in [4.69, 9.17) is 0 Å². The summed E-state index contributed by atoms with van der Waals surface area (Å²) in [7, 11) is -3.74. The lowest BCUT2D eigenvalue weighted by Crippen LogP contribution is -2.51. The lowest BCUT2D eigenvalue weighted by molar-refractivity contribution is -0.116. The summed E-state index contributed by atoms with van der Waals surface area (Å²) < 4.78 is 41.6. The van der Waals surface area contributed by atoms with Gasteiger partial charge in [0.2, 0.25) is 5.91 Å². The number of carbonyl (C=O) groups is 1. The molecule has 0 saturated carbocycles. The van der Waals surface area contributed by atoms with Crippen LogP contribution < -0.4 is 5.32 Å². The standard InChI is InChI=1S/C19H22FN3O3S/c1-15-6-2-3-7-16(15)13-22-10-5-11-23(27(22,25)26)14-19(24)21-18-9-4-8-17(20)12-18/h2-4,6-9,12H,5,10-11,13-14H2,1H3,(H,21,24). The van der Waals surface area contributed by atoms with Crippen LogP contribution in [0.3, 0.4) is 0 Å². The molecule has 1 saturated heterocycles. The van der Waals surface area contributed by atoms with Gasteiger partial charge in [-0.25, -0.2) is 4.39 Å². The van der Waals surface area contributed by atoms with E-state index >= 15 is 0 Å². The van der Waals surface area contributed by atoms with Crippen molar-refractivity contribution in [3.8, 4) is 0 Å². The van der Waals surface area contributed by atoms with Gasteiger partial charge < -0.3 is 5.32 Å². The number of amides is 1. The number of nitrogens with zero attached hydrogens (tertiary/aromatic N) is 2. The summed E-state index contributed by atoms with van der Waals surface area (Å²) in [5.41, 5.74) is 2.26. The molecular formula is C19H22FN3O3S. The van der Waals surface area contributed by atoms with Crippen LogP contribution in [0.5, 0.6) is 0 Å². The third-order valence-corrected chi connectivity index (χ3v) is 6.43. The zero-order chi connectivity index (χ0) is 19.4. The van der Waals surface area contributed by atoms with Gasteiger partial charge in [-0.1, -0.05) is 30.3 Å².